The van der Waals surface area contributed by atoms with Crippen molar-refractivity contribution in [2.75, 3.05) is 6.61 Å². The molecule has 30 heavy (non-hydrogen) atoms. The number of halogens is 2. The van der Waals surface area contributed by atoms with Crippen molar-refractivity contribution in [1.29, 1.82) is 0 Å². The number of nitrogens with zero attached hydrogens (tertiary/aromatic N) is 3. The molecule has 4 rings (SSSR count). The summed E-state index contributed by atoms with van der Waals surface area (Å²) in [5, 5.41) is 0.490. The molecule has 2 saturated heterocycles. The maximum Gasteiger partial charge on any atom is 0.224 e. The van der Waals surface area contributed by atoms with E-state index < -0.39 is 20.3 Å². The lowest BCUT2D eigenvalue weighted by Gasteiger charge is -2.37. The lowest BCUT2D eigenvalue weighted by atomic mass is 10.1. The summed E-state index contributed by atoms with van der Waals surface area (Å²) in [4.78, 5) is 8.35. The molecule has 0 spiro atoms. The van der Waals surface area contributed by atoms with Crippen LogP contribution in [-0.4, -0.2) is 53.6 Å². The van der Waals surface area contributed by atoms with Gasteiger partial charge in [-0.1, -0.05) is 32.4 Å². The van der Waals surface area contributed by atoms with Gasteiger partial charge in [0.05, 0.1) is 12.1 Å². The first-order valence-corrected chi connectivity index (χ1v) is 13.8. The maximum atomic E-state index is 6.45. The molecule has 0 radical (unpaired) electrons. The minimum atomic E-state index is -1.94. The first-order chi connectivity index (χ1) is 13.8. The van der Waals surface area contributed by atoms with Crippen molar-refractivity contribution in [3.63, 3.8) is 0 Å². The molecule has 2 aromatic heterocycles. The smallest absolute Gasteiger partial charge is 0.224 e. The summed E-state index contributed by atoms with van der Waals surface area (Å²) < 4.78 is 27.2. The molecular weight excluding hydrogens is 445 g/mol. The van der Waals surface area contributed by atoms with Gasteiger partial charge in [-0.2, -0.15) is 0 Å². The van der Waals surface area contributed by atoms with Crippen LogP contribution in [-0.2, 0) is 18.6 Å². The van der Waals surface area contributed by atoms with E-state index in [0.29, 0.717) is 17.6 Å². The fourth-order valence-electron chi connectivity index (χ4n) is 3.73. The van der Waals surface area contributed by atoms with Crippen LogP contribution in [0.15, 0.2) is 12.3 Å². The highest BCUT2D eigenvalue weighted by molar-refractivity contribution is 6.74. The number of fused-ring (bicyclic) bond motifs is 2. The van der Waals surface area contributed by atoms with Crippen LogP contribution in [0.3, 0.4) is 0 Å². The molecule has 4 atom stereocenters. The second-order valence-electron chi connectivity index (χ2n) is 9.94. The van der Waals surface area contributed by atoms with Crippen LogP contribution < -0.4 is 0 Å². The summed E-state index contributed by atoms with van der Waals surface area (Å²) in [7, 11) is -1.94. The lowest BCUT2D eigenvalue weighted by molar-refractivity contribution is -0.199. The molecular formula is C20H29Cl2N3O4Si. The molecule has 166 valence electrons. The Morgan fingerprint density at radius 1 is 1.17 bits per heavy atom. The highest BCUT2D eigenvalue weighted by atomic mass is 35.5. The first kappa shape index (κ1) is 22.5. The van der Waals surface area contributed by atoms with E-state index in [1.54, 1.807) is 0 Å². The van der Waals surface area contributed by atoms with Crippen molar-refractivity contribution in [2.45, 2.75) is 83.1 Å². The Balaban J connectivity index is 1.64. The summed E-state index contributed by atoms with van der Waals surface area (Å²) in [6.45, 7) is 15.4. The first-order valence-electron chi connectivity index (χ1n) is 10.1. The molecule has 4 heterocycles. The lowest BCUT2D eigenvalue weighted by Crippen LogP contribution is -2.44. The molecule has 0 aromatic carbocycles. The van der Waals surface area contributed by atoms with E-state index in [0.717, 1.165) is 0 Å². The van der Waals surface area contributed by atoms with Crippen LogP contribution in [0.2, 0.25) is 28.6 Å². The zero-order chi connectivity index (χ0) is 22.1. The van der Waals surface area contributed by atoms with Gasteiger partial charge in [0.25, 0.3) is 0 Å². The minimum Gasteiger partial charge on any atom is -0.414 e. The molecule has 0 unspecified atom stereocenters. The van der Waals surface area contributed by atoms with Crippen LogP contribution in [0, 0.1) is 0 Å². The van der Waals surface area contributed by atoms with Crippen LogP contribution in [0.1, 0.15) is 40.8 Å². The predicted molar refractivity (Wildman–Crippen MR) is 118 cm³/mol. The molecule has 0 bridgehead atoms. The van der Waals surface area contributed by atoms with Crippen LogP contribution in [0.25, 0.3) is 11.0 Å². The Hall–Kier alpha value is -0.743. The van der Waals surface area contributed by atoms with Gasteiger partial charge in [0.2, 0.25) is 5.28 Å². The SMILES string of the molecule is CC1(C)O[C@@H]2[C@H](O1)[C@@H](CO[Si](C)(C)C(C)(C)C)O[C@@H]2n1ccc2nc(Cl)nc(Cl)c21. The largest absolute Gasteiger partial charge is 0.414 e. The Kier molecular flexibility index (Phi) is 5.54. The number of hydrogen-bond donors (Lipinski definition) is 0. The van der Waals surface area contributed by atoms with Gasteiger partial charge in [-0.05, 0) is 49.6 Å². The topological polar surface area (TPSA) is 67.6 Å². The average Bonchev–Trinajstić information content (AvgIpc) is 3.23. The van der Waals surface area contributed by atoms with Gasteiger partial charge < -0.3 is 23.2 Å². The van der Waals surface area contributed by atoms with Crippen molar-refractivity contribution in [3.8, 4) is 0 Å². The number of ether oxygens (including phenoxy) is 3. The molecule has 0 aliphatic carbocycles. The zero-order valence-corrected chi connectivity index (χ0v) is 20.9. The van der Waals surface area contributed by atoms with E-state index in [-0.39, 0.29) is 33.8 Å². The monoisotopic (exact) mass is 473 g/mol. The van der Waals surface area contributed by atoms with E-state index in [9.17, 15) is 0 Å². The van der Waals surface area contributed by atoms with E-state index in [1.165, 1.54) is 0 Å². The predicted octanol–water partition coefficient (Wildman–Crippen LogP) is 5.18. The Labute approximate surface area is 188 Å². The summed E-state index contributed by atoms with van der Waals surface area (Å²) in [5.74, 6) is -0.709. The molecule has 0 saturated carbocycles. The van der Waals surface area contributed by atoms with Crippen LogP contribution >= 0.6 is 23.2 Å². The van der Waals surface area contributed by atoms with Gasteiger partial charge in [-0.25, -0.2) is 9.97 Å². The van der Waals surface area contributed by atoms with Crippen LogP contribution in [0.5, 0.6) is 0 Å². The van der Waals surface area contributed by atoms with Crippen molar-refractivity contribution >= 4 is 42.6 Å². The molecule has 0 N–H and O–H groups in total. The third-order valence-electron chi connectivity index (χ3n) is 6.31. The van der Waals surface area contributed by atoms with Crippen molar-refractivity contribution < 1.29 is 18.6 Å². The van der Waals surface area contributed by atoms with Gasteiger partial charge in [-0.3, -0.25) is 0 Å². The Morgan fingerprint density at radius 3 is 2.50 bits per heavy atom. The number of aromatic nitrogens is 3. The summed E-state index contributed by atoms with van der Waals surface area (Å²) in [5.41, 5.74) is 1.31. The third-order valence-corrected chi connectivity index (χ3v) is 11.2. The third kappa shape index (κ3) is 3.92. The highest BCUT2D eigenvalue weighted by Gasteiger charge is 2.56. The normalized spacial score (nSPS) is 29.0. The van der Waals surface area contributed by atoms with E-state index in [1.807, 2.05) is 30.7 Å². The summed E-state index contributed by atoms with van der Waals surface area (Å²) in [6.07, 6.45) is 0.606. The molecule has 2 aliphatic heterocycles. The molecule has 2 aliphatic rings. The average molecular weight is 474 g/mol. The second-order valence-corrected chi connectivity index (χ2v) is 15.4. The van der Waals surface area contributed by atoms with Gasteiger partial charge in [0, 0.05) is 6.20 Å². The second kappa shape index (κ2) is 7.40. The summed E-state index contributed by atoms with van der Waals surface area (Å²) >= 11 is 12.3. The van der Waals surface area contributed by atoms with Crippen LogP contribution in [0.4, 0.5) is 0 Å². The van der Waals surface area contributed by atoms with Gasteiger partial charge in [-0.15, -0.1) is 0 Å². The van der Waals surface area contributed by atoms with Crippen molar-refractivity contribution in [2.24, 2.45) is 0 Å². The Bertz CT molecular complexity index is 959. The molecule has 2 aromatic rings. The standard InChI is InChI=1S/C20H29Cl2N3O4Si/c1-19(2,3)30(6,7)26-10-12-14-15(29-20(4,5)28-14)17(27-12)25-9-8-11-13(25)16(21)24-18(22)23-11/h8-9,12,14-15,17H,10H2,1-7H3/t12-,14-,15-,17+/m1/s1. The van der Waals surface area contributed by atoms with Crippen molar-refractivity contribution in [3.05, 3.63) is 22.7 Å². The molecule has 2 fully saturated rings. The maximum absolute atomic E-state index is 6.45. The number of rotatable bonds is 4. The van der Waals surface area contributed by atoms with Gasteiger partial charge in [0.1, 0.15) is 23.8 Å². The molecule has 7 nitrogen and oxygen atoms in total. The van der Waals surface area contributed by atoms with E-state index in [2.05, 4.69) is 43.8 Å². The zero-order valence-electron chi connectivity index (χ0n) is 18.4. The van der Waals surface area contributed by atoms with E-state index in [4.69, 9.17) is 41.8 Å². The van der Waals surface area contributed by atoms with Gasteiger partial charge in [0.15, 0.2) is 25.5 Å². The minimum absolute atomic E-state index is 0.109. The van der Waals surface area contributed by atoms with Gasteiger partial charge >= 0.3 is 0 Å². The quantitative estimate of drug-likeness (QED) is 0.346. The molecule has 0 amide bonds. The Morgan fingerprint density at radius 2 is 1.83 bits per heavy atom. The molecule has 10 heteroatoms. The number of hydrogen-bond acceptors (Lipinski definition) is 6. The fourth-order valence-corrected chi connectivity index (χ4v) is 5.24. The fraction of sp³-hybridized carbons (Fsp3) is 0.700. The highest BCUT2D eigenvalue weighted by Crippen LogP contribution is 2.45. The van der Waals surface area contributed by atoms with E-state index >= 15 is 0 Å². The summed E-state index contributed by atoms with van der Waals surface area (Å²) in [6, 6.07) is 1.84. The van der Waals surface area contributed by atoms with Crippen molar-refractivity contribution in [1.82, 2.24) is 14.5 Å².